The summed E-state index contributed by atoms with van der Waals surface area (Å²) in [5.74, 6) is 1.26. The van der Waals surface area contributed by atoms with Crippen LogP contribution in [0.15, 0.2) is 73.3 Å². The van der Waals surface area contributed by atoms with Crippen LogP contribution in [0.2, 0.25) is 15.5 Å². The molecule has 4 aromatic rings. The summed E-state index contributed by atoms with van der Waals surface area (Å²) in [4.78, 5) is 15.2. The summed E-state index contributed by atoms with van der Waals surface area (Å²) in [6.45, 7) is 0. The van der Waals surface area contributed by atoms with Crippen molar-refractivity contribution in [2.24, 2.45) is 0 Å². The second-order valence-electron chi connectivity index (χ2n) is 6.21. The van der Waals surface area contributed by atoms with Crippen LogP contribution in [-0.2, 0) is 0 Å². The fourth-order valence-corrected chi connectivity index (χ4v) is 3.03. The first-order valence-electron chi connectivity index (χ1n) is 9.58. The molecule has 8 nitrogen and oxygen atoms in total. The van der Waals surface area contributed by atoms with Gasteiger partial charge in [0.25, 0.3) is 0 Å². The zero-order valence-corrected chi connectivity index (χ0v) is 20.4. The Labute approximate surface area is 212 Å². The molecule has 0 fully saturated rings. The quantitative estimate of drug-likeness (QED) is 0.307. The van der Waals surface area contributed by atoms with Gasteiger partial charge < -0.3 is 19.5 Å². The minimum absolute atomic E-state index is 0.366. The summed E-state index contributed by atoms with van der Waals surface area (Å²) in [7, 11) is 1.65. The van der Waals surface area contributed by atoms with Crippen LogP contribution in [-0.4, -0.2) is 51.3 Å². The first kappa shape index (κ1) is 27.3. The summed E-state index contributed by atoms with van der Waals surface area (Å²) >= 11 is 16.6. The Morgan fingerprint density at radius 3 is 1.65 bits per heavy atom. The zero-order valence-electron chi connectivity index (χ0n) is 18.1. The normalized spacial score (nSPS) is 9.62. The van der Waals surface area contributed by atoms with Gasteiger partial charge >= 0.3 is 7.12 Å². The molecule has 0 amide bonds. The summed E-state index contributed by atoms with van der Waals surface area (Å²) in [6, 6.07) is 17.6. The predicted octanol–water partition coefficient (Wildman–Crippen LogP) is 3.96. The van der Waals surface area contributed by atoms with E-state index in [0.29, 0.717) is 26.7 Å². The molecule has 2 heterocycles. The van der Waals surface area contributed by atoms with E-state index in [1.54, 1.807) is 37.4 Å². The number of methoxy groups -OCH3 is 2. The van der Waals surface area contributed by atoms with Crippen molar-refractivity contribution in [3.8, 4) is 22.8 Å². The number of halogens is 3. The fraction of sp³-hybridized carbons (Fsp3) is 0.0909. The zero-order chi connectivity index (χ0) is 24.9. The van der Waals surface area contributed by atoms with Crippen LogP contribution in [0.25, 0.3) is 11.3 Å². The molecule has 2 aromatic carbocycles. The predicted molar refractivity (Wildman–Crippen MR) is 134 cm³/mol. The van der Waals surface area contributed by atoms with E-state index >= 15 is 0 Å². The third-order valence-corrected chi connectivity index (χ3v) is 4.65. The number of benzene rings is 2. The lowest BCUT2D eigenvalue weighted by molar-refractivity contribution is 0.403. The third kappa shape index (κ3) is 8.77. The molecule has 2 aromatic heterocycles. The molecular formula is C22H20BCl3N4O4. The molecule has 0 atom stereocenters. The van der Waals surface area contributed by atoms with Gasteiger partial charge in [0.2, 0.25) is 0 Å². The van der Waals surface area contributed by atoms with Gasteiger partial charge in [-0.25, -0.2) is 19.9 Å². The largest absolute Gasteiger partial charge is 0.497 e. The van der Waals surface area contributed by atoms with Gasteiger partial charge in [0.05, 0.1) is 19.9 Å². The number of hydrogen-bond donors (Lipinski definition) is 2. The highest BCUT2D eigenvalue weighted by Gasteiger charge is 2.15. The van der Waals surface area contributed by atoms with Gasteiger partial charge in [-0.15, -0.1) is 0 Å². The molecule has 34 heavy (non-hydrogen) atoms. The number of aromatic nitrogens is 4. The molecule has 0 saturated carbocycles. The van der Waals surface area contributed by atoms with Crippen molar-refractivity contribution in [1.29, 1.82) is 0 Å². The molecule has 0 aliphatic heterocycles. The number of ether oxygens (including phenoxy) is 2. The smallest absolute Gasteiger partial charge is 0.492 e. The van der Waals surface area contributed by atoms with Crippen LogP contribution < -0.4 is 14.9 Å². The second kappa shape index (κ2) is 14.3. The van der Waals surface area contributed by atoms with E-state index in [-0.39, 0.29) is 0 Å². The molecule has 12 heteroatoms. The Kier molecular flexibility index (Phi) is 11.5. The van der Waals surface area contributed by atoms with E-state index in [1.807, 2.05) is 24.3 Å². The van der Waals surface area contributed by atoms with Gasteiger partial charge in [0.1, 0.15) is 39.6 Å². The number of nitrogens with zero attached hydrogens (tertiary/aromatic N) is 4. The van der Waals surface area contributed by atoms with Crippen LogP contribution in [0.1, 0.15) is 0 Å². The number of hydrogen-bond acceptors (Lipinski definition) is 8. The molecule has 0 aliphatic rings. The fourth-order valence-electron chi connectivity index (χ4n) is 2.53. The number of para-hydroxylation sites is 2. The SMILES string of the molecule is COc1ccccc1-c1cc(Cl)ncn1.COc1ccccc1B(O)O.Clc1cc(Cl)ncn1. The van der Waals surface area contributed by atoms with Gasteiger partial charge in [0.15, 0.2) is 0 Å². The van der Waals surface area contributed by atoms with E-state index < -0.39 is 7.12 Å². The van der Waals surface area contributed by atoms with Crippen LogP contribution in [0.5, 0.6) is 11.5 Å². The summed E-state index contributed by atoms with van der Waals surface area (Å²) in [5.41, 5.74) is 2.05. The Morgan fingerprint density at radius 2 is 1.18 bits per heavy atom. The van der Waals surface area contributed by atoms with Crippen molar-refractivity contribution in [2.75, 3.05) is 14.2 Å². The Morgan fingerprint density at radius 1 is 0.676 bits per heavy atom. The van der Waals surface area contributed by atoms with E-state index in [4.69, 9.17) is 54.3 Å². The Balaban J connectivity index is 0.000000190. The molecular weight excluding hydrogens is 501 g/mol. The molecule has 176 valence electrons. The lowest BCUT2D eigenvalue weighted by Gasteiger charge is -2.06. The minimum Gasteiger partial charge on any atom is -0.497 e. The molecule has 0 bridgehead atoms. The maximum atomic E-state index is 8.81. The maximum absolute atomic E-state index is 8.81. The van der Waals surface area contributed by atoms with Crippen molar-refractivity contribution < 1.29 is 19.5 Å². The summed E-state index contributed by atoms with van der Waals surface area (Å²) in [5, 5.41) is 18.8. The van der Waals surface area contributed by atoms with E-state index in [2.05, 4.69) is 19.9 Å². The lowest BCUT2D eigenvalue weighted by Crippen LogP contribution is -2.30. The highest BCUT2D eigenvalue weighted by molar-refractivity contribution is 6.59. The standard InChI is InChI=1S/C11H9ClN2O.C7H9BO3.C4H2Cl2N2/c1-15-10-5-3-2-4-8(10)9-6-11(12)14-7-13-9;1-11-7-5-3-2-4-6(7)8(9)10;5-3-1-4(6)8-2-7-3/h2-7H,1H3;2-5,9-10H,1H3;1-2H. The molecule has 0 aliphatic carbocycles. The molecule has 0 spiro atoms. The van der Waals surface area contributed by atoms with Crippen LogP contribution in [0.4, 0.5) is 0 Å². The highest BCUT2D eigenvalue weighted by Crippen LogP contribution is 2.28. The molecule has 0 saturated heterocycles. The van der Waals surface area contributed by atoms with Crippen LogP contribution in [0, 0.1) is 0 Å². The van der Waals surface area contributed by atoms with E-state index in [0.717, 1.165) is 17.0 Å². The second-order valence-corrected chi connectivity index (χ2v) is 7.37. The summed E-state index contributed by atoms with van der Waals surface area (Å²) in [6.07, 6.45) is 2.74. The van der Waals surface area contributed by atoms with E-state index in [9.17, 15) is 0 Å². The van der Waals surface area contributed by atoms with Gasteiger partial charge in [-0.3, -0.25) is 0 Å². The topological polar surface area (TPSA) is 110 Å². The van der Waals surface area contributed by atoms with Gasteiger partial charge in [-0.2, -0.15) is 0 Å². The molecule has 2 N–H and O–H groups in total. The van der Waals surface area contributed by atoms with Crippen molar-refractivity contribution in [1.82, 2.24) is 19.9 Å². The first-order chi connectivity index (χ1) is 16.3. The lowest BCUT2D eigenvalue weighted by atomic mass is 9.80. The van der Waals surface area contributed by atoms with Gasteiger partial charge in [-0.05, 0) is 18.2 Å². The maximum Gasteiger partial charge on any atom is 0.492 e. The average Bonchev–Trinajstić information content (AvgIpc) is 2.84. The van der Waals surface area contributed by atoms with Crippen molar-refractivity contribution in [2.45, 2.75) is 0 Å². The summed E-state index contributed by atoms with van der Waals surface area (Å²) < 4.78 is 10.1. The van der Waals surface area contributed by atoms with Crippen molar-refractivity contribution in [3.05, 3.63) is 88.8 Å². The molecule has 4 rings (SSSR count). The van der Waals surface area contributed by atoms with Gasteiger partial charge in [0, 0.05) is 23.2 Å². The Hall–Kier alpha value is -2.95. The first-order valence-corrected chi connectivity index (χ1v) is 10.7. The van der Waals surface area contributed by atoms with E-state index in [1.165, 1.54) is 25.8 Å². The van der Waals surface area contributed by atoms with Crippen molar-refractivity contribution in [3.63, 3.8) is 0 Å². The molecule has 0 radical (unpaired) electrons. The molecule has 0 unspecified atom stereocenters. The highest BCUT2D eigenvalue weighted by atomic mass is 35.5. The minimum atomic E-state index is -1.47. The van der Waals surface area contributed by atoms with Crippen LogP contribution in [0.3, 0.4) is 0 Å². The van der Waals surface area contributed by atoms with Crippen LogP contribution >= 0.6 is 34.8 Å². The monoisotopic (exact) mass is 520 g/mol. The number of rotatable bonds is 4. The average molecular weight is 522 g/mol. The van der Waals surface area contributed by atoms with Gasteiger partial charge in [-0.1, -0.05) is 65.1 Å². The van der Waals surface area contributed by atoms with Crippen molar-refractivity contribution >= 4 is 47.4 Å². The third-order valence-electron chi connectivity index (χ3n) is 4.03. The Bertz CT molecular complexity index is 1170.